The van der Waals surface area contributed by atoms with Crippen molar-refractivity contribution in [3.8, 4) is 0 Å². The van der Waals surface area contributed by atoms with Crippen molar-refractivity contribution in [2.75, 3.05) is 26.2 Å². The molecule has 2 N–H and O–H groups in total. The molecule has 1 fully saturated rings. The Labute approximate surface area is 93.9 Å². The zero-order valence-corrected chi connectivity index (χ0v) is 10.2. The van der Waals surface area contributed by atoms with Gasteiger partial charge in [-0.05, 0) is 38.8 Å². The predicted molar refractivity (Wildman–Crippen MR) is 64.1 cm³/mol. The summed E-state index contributed by atoms with van der Waals surface area (Å²) in [5, 5.41) is 12.5. The number of aliphatic hydroxyl groups excluding tert-OH is 1. The molecule has 0 bridgehead atoms. The number of aliphatic hydroxyl groups is 1. The first-order chi connectivity index (χ1) is 7.31. The van der Waals surface area contributed by atoms with Crippen molar-refractivity contribution in [1.29, 1.82) is 0 Å². The number of likely N-dealkylation sites (N-methyl/N-ethyl adjacent to an activating group) is 1. The Hall–Kier alpha value is -0.120. The van der Waals surface area contributed by atoms with E-state index in [1.165, 1.54) is 12.8 Å². The number of nitrogens with one attached hydrogen (secondary N) is 1. The van der Waals surface area contributed by atoms with Gasteiger partial charge in [0.1, 0.15) is 0 Å². The summed E-state index contributed by atoms with van der Waals surface area (Å²) in [5.74, 6) is 0. The van der Waals surface area contributed by atoms with E-state index >= 15 is 0 Å². The molecular formula is C12H26N2O. The standard InChI is InChI=1S/C12H26N2O/c1-3-8-13-11(7-9-15)10-14(4-2)12-5-6-12/h11-13,15H,3-10H2,1-2H3. The minimum atomic E-state index is 0.295. The van der Waals surface area contributed by atoms with Crippen LogP contribution in [0.15, 0.2) is 0 Å². The smallest absolute Gasteiger partial charge is 0.0446 e. The lowest BCUT2D eigenvalue weighted by atomic mass is 10.2. The summed E-state index contributed by atoms with van der Waals surface area (Å²) >= 11 is 0. The maximum atomic E-state index is 9.02. The highest BCUT2D eigenvalue weighted by Gasteiger charge is 2.28. The second-order valence-electron chi connectivity index (χ2n) is 4.48. The number of nitrogens with zero attached hydrogens (tertiary/aromatic N) is 1. The van der Waals surface area contributed by atoms with Crippen LogP contribution in [0.2, 0.25) is 0 Å². The molecular weight excluding hydrogens is 188 g/mol. The summed E-state index contributed by atoms with van der Waals surface area (Å²) in [6.45, 7) is 8.01. The molecule has 0 aromatic heterocycles. The molecule has 1 aliphatic carbocycles. The topological polar surface area (TPSA) is 35.5 Å². The maximum Gasteiger partial charge on any atom is 0.0446 e. The van der Waals surface area contributed by atoms with Crippen LogP contribution in [0.5, 0.6) is 0 Å². The Morgan fingerprint density at radius 3 is 2.60 bits per heavy atom. The molecule has 1 atom stereocenters. The summed E-state index contributed by atoms with van der Waals surface area (Å²) < 4.78 is 0. The van der Waals surface area contributed by atoms with Crippen molar-refractivity contribution >= 4 is 0 Å². The van der Waals surface area contributed by atoms with Crippen LogP contribution >= 0.6 is 0 Å². The Kier molecular flexibility index (Phi) is 6.22. The second-order valence-corrected chi connectivity index (χ2v) is 4.48. The molecule has 15 heavy (non-hydrogen) atoms. The van der Waals surface area contributed by atoms with Crippen LogP contribution in [0.3, 0.4) is 0 Å². The third-order valence-corrected chi connectivity index (χ3v) is 3.08. The van der Waals surface area contributed by atoms with Crippen molar-refractivity contribution in [2.45, 2.75) is 51.6 Å². The van der Waals surface area contributed by atoms with Crippen LogP contribution in [-0.2, 0) is 0 Å². The average Bonchev–Trinajstić information content (AvgIpc) is 3.06. The summed E-state index contributed by atoms with van der Waals surface area (Å²) in [7, 11) is 0. The van der Waals surface area contributed by atoms with E-state index in [0.717, 1.165) is 38.5 Å². The minimum absolute atomic E-state index is 0.295. The maximum absolute atomic E-state index is 9.02. The van der Waals surface area contributed by atoms with E-state index in [0.29, 0.717) is 12.6 Å². The number of hydrogen-bond donors (Lipinski definition) is 2. The lowest BCUT2D eigenvalue weighted by Gasteiger charge is -2.26. The summed E-state index contributed by atoms with van der Waals surface area (Å²) in [6.07, 6.45) is 4.78. The number of rotatable bonds is 9. The molecule has 1 saturated carbocycles. The van der Waals surface area contributed by atoms with Gasteiger partial charge in [-0.15, -0.1) is 0 Å². The van der Waals surface area contributed by atoms with Crippen molar-refractivity contribution < 1.29 is 5.11 Å². The molecule has 0 spiro atoms. The molecule has 1 aliphatic rings. The SMILES string of the molecule is CCCNC(CCO)CN(CC)C1CC1. The molecule has 1 unspecified atom stereocenters. The van der Waals surface area contributed by atoms with Crippen molar-refractivity contribution in [1.82, 2.24) is 10.2 Å². The molecule has 90 valence electrons. The summed E-state index contributed by atoms with van der Waals surface area (Å²) in [5.41, 5.74) is 0. The zero-order chi connectivity index (χ0) is 11.1. The molecule has 0 aromatic carbocycles. The lowest BCUT2D eigenvalue weighted by Crippen LogP contribution is -2.42. The molecule has 0 saturated heterocycles. The van der Waals surface area contributed by atoms with Crippen LogP contribution < -0.4 is 5.32 Å². The monoisotopic (exact) mass is 214 g/mol. The third-order valence-electron chi connectivity index (χ3n) is 3.08. The van der Waals surface area contributed by atoms with Crippen molar-refractivity contribution in [3.05, 3.63) is 0 Å². The largest absolute Gasteiger partial charge is 0.396 e. The first kappa shape index (κ1) is 12.9. The zero-order valence-electron chi connectivity index (χ0n) is 10.2. The van der Waals surface area contributed by atoms with Crippen molar-refractivity contribution in [2.24, 2.45) is 0 Å². The lowest BCUT2D eigenvalue weighted by molar-refractivity contribution is 0.207. The van der Waals surface area contributed by atoms with Gasteiger partial charge in [0.2, 0.25) is 0 Å². The molecule has 0 aromatic rings. The van der Waals surface area contributed by atoms with Gasteiger partial charge in [0.25, 0.3) is 0 Å². The van der Waals surface area contributed by atoms with E-state index in [1.54, 1.807) is 0 Å². The fourth-order valence-electron chi connectivity index (χ4n) is 2.02. The fraction of sp³-hybridized carbons (Fsp3) is 1.00. The van der Waals surface area contributed by atoms with Gasteiger partial charge in [-0.2, -0.15) is 0 Å². The average molecular weight is 214 g/mol. The third kappa shape index (κ3) is 4.96. The molecule has 0 radical (unpaired) electrons. The van der Waals surface area contributed by atoms with E-state index in [2.05, 4.69) is 24.1 Å². The van der Waals surface area contributed by atoms with Crippen LogP contribution in [0.1, 0.15) is 39.5 Å². The summed E-state index contributed by atoms with van der Waals surface area (Å²) in [4.78, 5) is 2.54. The van der Waals surface area contributed by atoms with Crippen LogP contribution in [-0.4, -0.2) is 48.3 Å². The Morgan fingerprint density at radius 2 is 2.13 bits per heavy atom. The van der Waals surface area contributed by atoms with Gasteiger partial charge >= 0.3 is 0 Å². The van der Waals surface area contributed by atoms with E-state index < -0.39 is 0 Å². The van der Waals surface area contributed by atoms with Gasteiger partial charge < -0.3 is 10.4 Å². The molecule has 3 heteroatoms. The van der Waals surface area contributed by atoms with Crippen LogP contribution in [0.25, 0.3) is 0 Å². The van der Waals surface area contributed by atoms with Crippen molar-refractivity contribution in [3.63, 3.8) is 0 Å². The van der Waals surface area contributed by atoms with Gasteiger partial charge in [0.05, 0.1) is 0 Å². The van der Waals surface area contributed by atoms with E-state index in [1.807, 2.05) is 0 Å². The van der Waals surface area contributed by atoms with Gasteiger partial charge in [-0.25, -0.2) is 0 Å². The fourth-order valence-corrected chi connectivity index (χ4v) is 2.02. The van der Waals surface area contributed by atoms with Crippen LogP contribution in [0, 0.1) is 0 Å². The summed E-state index contributed by atoms with van der Waals surface area (Å²) in [6, 6.07) is 1.30. The van der Waals surface area contributed by atoms with Crippen LogP contribution in [0.4, 0.5) is 0 Å². The Bertz CT molecular complexity index is 160. The van der Waals surface area contributed by atoms with E-state index in [9.17, 15) is 0 Å². The van der Waals surface area contributed by atoms with E-state index in [4.69, 9.17) is 5.11 Å². The molecule has 3 nitrogen and oxygen atoms in total. The normalized spacial score (nSPS) is 18.4. The molecule has 1 rings (SSSR count). The molecule has 0 amide bonds. The highest BCUT2D eigenvalue weighted by atomic mass is 16.3. The molecule has 0 heterocycles. The highest BCUT2D eigenvalue weighted by molar-refractivity contribution is 4.86. The first-order valence-electron chi connectivity index (χ1n) is 6.40. The predicted octanol–water partition coefficient (Wildman–Crippen LogP) is 1.22. The second kappa shape index (κ2) is 7.20. The Morgan fingerprint density at radius 1 is 1.40 bits per heavy atom. The first-order valence-corrected chi connectivity index (χ1v) is 6.40. The number of hydrogen-bond acceptors (Lipinski definition) is 3. The van der Waals surface area contributed by atoms with Gasteiger partial charge in [0.15, 0.2) is 0 Å². The van der Waals surface area contributed by atoms with Gasteiger partial charge in [0, 0.05) is 25.2 Å². The Balaban J connectivity index is 2.26. The van der Waals surface area contributed by atoms with Gasteiger partial charge in [-0.3, -0.25) is 4.90 Å². The molecule has 0 aliphatic heterocycles. The van der Waals surface area contributed by atoms with E-state index in [-0.39, 0.29) is 0 Å². The quantitative estimate of drug-likeness (QED) is 0.606. The highest BCUT2D eigenvalue weighted by Crippen LogP contribution is 2.26. The van der Waals surface area contributed by atoms with Gasteiger partial charge in [-0.1, -0.05) is 13.8 Å². The minimum Gasteiger partial charge on any atom is -0.396 e.